The minimum Gasteiger partial charge on any atom is -0.0619 e. The standard InChI is InChI=1S/C22H15/c1-2-8-16-14-17(13-15(16)7-1)22-20-11-5-3-9-18(20)19-10-4-6-12-21(19)22/h1-14,22H. The van der Waals surface area contributed by atoms with Crippen molar-refractivity contribution in [3.8, 4) is 11.1 Å². The van der Waals surface area contributed by atoms with Crippen molar-refractivity contribution >= 4 is 6.08 Å². The van der Waals surface area contributed by atoms with E-state index in [2.05, 4.69) is 85.3 Å². The lowest BCUT2D eigenvalue weighted by molar-refractivity contribution is 1.01. The molecule has 0 saturated carbocycles. The Balaban J connectivity index is 1.70. The maximum atomic E-state index is 2.35. The number of allylic oxidation sites excluding steroid dienone is 1. The van der Waals surface area contributed by atoms with E-state index < -0.39 is 0 Å². The highest BCUT2D eigenvalue weighted by atomic mass is 14.3. The Morgan fingerprint density at radius 2 is 1.09 bits per heavy atom. The van der Waals surface area contributed by atoms with Crippen molar-refractivity contribution in [3.63, 3.8) is 0 Å². The number of fused-ring (bicyclic) bond motifs is 4. The summed E-state index contributed by atoms with van der Waals surface area (Å²) in [5, 5.41) is 0. The molecule has 2 aliphatic rings. The third-order valence-corrected chi connectivity index (χ3v) is 4.81. The normalized spacial score (nSPS) is 15.2. The maximum absolute atomic E-state index is 2.35. The van der Waals surface area contributed by atoms with E-state index in [1.165, 1.54) is 39.0 Å². The van der Waals surface area contributed by atoms with Gasteiger partial charge < -0.3 is 0 Å². The third-order valence-electron chi connectivity index (χ3n) is 4.81. The first-order valence-electron chi connectivity index (χ1n) is 7.75. The third kappa shape index (κ3) is 1.58. The van der Waals surface area contributed by atoms with Crippen LogP contribution in [0.5, 0.6) is 0 Å². The molecule has 0 N–H and O–H groups in total. The number of rotatable bonds is 1. The fraction of sp³-hybridized carbons (Fsp3) is 0.0455. The van der Waals surface area contributed by atoms with Gasteiger partial charge in [0.2, 0.25) is 0 Å². The zero-order valence-electron chi connectivity index (χ0n) is 12.2. The van der Waals surface area contributed by atoms with Gasteiger partial charge in [0.05, 0.1) is 0 Å². The van der Waals surface area contributed by atoms with Crippen LogP contribution in [0.1, 0.15) is 28.2 Å². The van der Waals surface area contributed by atoms with Gasteiger partial charge in [-0.2, -0.15) is 0 Å². The summed E-state index contributed by atoms with van der Waals surface area (Å²) < 4.78 is 0. The summed E-state index contributed by atoms with van der Waals surface area (Å²) >= 11 is 0. The average molecular weight is 279 g/mol. The van der Waals surface area contributed by atoms with Crippen molar-refractivity contribution in [2.75, 3.05) is 0 Å². The molecule has 22 heavy (non-hydrogen) atoms. The predicted octanol–water partition coefficient (Wildman–Crippen LogP) is 5.45. The van der Waals surface area contributed by atoms with Crippen molar-refractivity contribution in [1.29, 1.82) is 0 Å². The van der Waals surface area contributed by atoms with Crippen LogP contribution >= 0.6 is 0 Å². The zero-order chi connectivity index (χ0) is 14.5. The van der Waals surface area contributed by atoms with E-state index in [4.69, 9.17) is 0 Å². The molecule has 0 unspecified atom stereocenters. The van der Waals surface area contributed by atoms with Crippen LogP contribution in [0.15, 0.2) is 78.4 Å². The van der Waals surface area contributed by atoms with Gasteiger partial charge in [-0.15, -0.1) is 0 Å². The second-order valence-electron chi connectivity index (χ2n) is 6.03. The van der Waals surface area contributed by atoms with Gasteiger partial charge in [-0.25, -0.2) is 0 Å². The van der Waals surface area contributed by atoms with Crippen molar-refractivity contribution in [2.24, 2.45) is 0 Å². The summed E-state index contributed by atoms with van der Waals surface area (Å²) in [6.07, 6.45) is 4.69. The molecule has 0 aliphatic heterocycles. The molecule has 2 aliphatic carbocycles. The van der Waals surface area contributed by atoms with Crippen LogP contribution in [0, 0.1) is 6.42 Å². The Morgan fingerprint density at radius 1 is 0.545 bits per heavy atom. The van der Waals surface area contributed by atoms with Crippen molar-refractivity contribution in [2.45, 2.75) is 5.92 Å². The van der Waals surface area contributed by atoms with Gasteiger partial charge in [0.25, 0.3) is 0 Å². The number of hydrogen-bond donors (Lipinski definition) is 0. The van der Waals surface area contributed by atoms with Crippen LogP contribution in [0.2, 0.25) is 0 Å². The van der Waals surface area contributed by atoms with Crippen molar-refractivity contribution < 1.29 is 0 Å². The van der Waals surface area contributed by atoms with E-state index in [-0.39, 0.29) is 0 Å². The molecule has 0 atom stereocenters. The first kappa shape index (κ1) is 12.0. The second-order valence-corrected chi connectivity index (χ2v) is 6.03. The SMILES string of the molecule is [CH]1C(C2c3ccccc3-c3ccccc32)=Cc2ccccc21. The molecule has 0 heteroatoms. The minimum absolute atomic E-state index is 0.361. The fourth-order valence-electron chi connectivity index (χ4n) is 3.86. The molecule has 0 aromatic heterocycles. The summed E-state index contributed by atoms with van der Waals surface area (Å²) in [7, 11) is 0. The van der Waals surface area contributed by atoms with E-state index in [1.54, 1.807) is 0 Å². The van der Waals surface area contributed by atoms with Crippen LogP contribution in [-0.4, -0.2) is 0 Å². The summed E-state index contributed by atoms with van der Waals surface area (Å²) in [4.78, 5) is 0. The quantitative estimate of drug-likeness (QED) is 0.555. The first-order chi connectivity index (χ1) is 10.9. The fourth-order valence-corrected chi connectivity index (χ4v) is 3.86. The summed E-state index contributed by atoms with van der Waals surface area (Å²) in [6, 6.07) is 26.3. The summed E-state index contributed by atoms with van der Waals surface area (Å²) in [5.74, 6) is 0.361. The molecule has 0 nitrogen and oxygen atoms in total. The monoisotopic (exact) mass is 279 g/mol. The molecule has 1 radical (unpaired) electrons. The molecule has 0 amide bonds. The number of hydrogen-bond acceptors (Lipinski definition) is 0. The highest BCUT2D eigenvalue weighted by molar-refractivity contribution is 5.84. The molecule has 3 aromatic rings. The van der Waals surface area contributed by atoms with Crippen LogP contribution < -0.4 is 0 Å². The zero-order valence-corrected chi connectivity index (χ0v) is 12.2. The highest BCUT2D eigenvalue weighted by Crippen LogP contribution is 2.50. The van der Waals surface area contributed by atoms with Crippen LogP contribution in [-0.2, 0) is 0 Å². The lowest BCUT2D eigenvalue weighted by Gasteiger charge is -2.15. The molecule has 0 heterocycles. The highest BCUT2D eigenvalue weighted by Gasteiger charge is 2.32. The van der Waals surface area contributed by atoms with Crippen LogP contribution in [0.3, 0.4) is 0 Å². The van der Waals surface area contributed by atoms with E-state index in [9.17, 15) is 0 Å². The minimum atomic E-state index is 0.361. The van der Waals surface area contributed by atoms with Gasteiger partial charge >= 0.3 is 0 Å². The molecule has 103 valence electrons. The van der Waals surface area contributed by atoms with Gasteiger partial charge in [-0.1, -0.05) is 78.9 Å². The topological polar surface area (TPSA) is 0 Å². The summed E-state index contributed by atoms with van der Waals surface area (Å²) in [6.45, 7) is 0. The van der Waals surface area contributed by atoms with Gasteiger partial charge in [0, 0.05) is 12.3 Å². The van der Waals surface area contributed by atoms with Gasteiger partial charge in [0.1, 0.15) is 0 Å². The number of benzene rings is 3. The van der Waals surface area contributed by atoms with Gasteiger partial charge in [0.15, 0.2) is 0 Å². The molecule has 5 rings (SSSR count). The van der Waals surface area contributed by atoms with E-state index >= 15 is 0 Å². The van der Waals surface area contributed by atoms with Crippen molar-refractivity contribution in [3.05, 3.63) is 107 Å². The Kier molecular flexibility index (Phi) is 2.42. The smallest absolute Gasteiger partial charge is 0.0321 e. The molecular weight excluding hydrogens is 264 g/mol. The largest absolute Gasteiger partial charge is 0.0619 e. The maximum Gasteiger partial charge on any atom is 0.0321 e. The predicted molar refractivity (Wildman–Crippen MR) is 91.5 cm³/mol. The van der Waals surface area contributed by atoms with Gasteiger partial charge in [-0.3, -0.25) is 0 Å². The first-order valence-corrected chi connectivity index (χ1v) is 7.75. The van der Waals surface area contributed by atoms with Crippen molar-refractivity contribution in [1.82, 2.24) is 0 Å². The lowest BCUT2D eigenvalue weighted by atomic mass is 9.88. The Bertz CT molecular complexity index is 869. The Hall–Kier alpha value is -2.60. The van der Waals surface area contributed by atoms with E-state index in [0.717, 1.165) is 0 Å². The molecule has 3 aromatic carbocycles. The van der Waals surface area contributed by atoms with Crippen LogP contribution in [0.25, 0.3) is 17.2 Å². The molecule has 0 saturated heterocycles. The molecule has 0 fully saturated rings. The molecule has 0 spiro atoms. The molecular formula is C22H15. The van der Waals surface area contributed by atoms with Gasteiger partial charge in [-0.05, 0) is 39.0 Å². The Labute approximate surface area is 130 Å². The van der Waals surface area contributed by atoms with E-state index in [0.29, 0.717) is 5.92 Å². The second kappa shape index (κ2) is 4.45. The van der Waals surface area contributed by atoms with Crippen LogP contribution in [0.4, 0.5) is 0 Å². The lowest BCUT2D eigenvalue weighted by Crippen LogP contribution is -1.99. The average Bonchev–Trinajstić information content (AvgIpc) is 3.13. The van der Waals surface area contributed by atoms with E-state index in [1.807, 2.05) is 0 Å². The Morgan fingerprint density at radius 3 is 1.73 bits per heavy atom. The summed E-state index contributed by atoms with van der Waals surface area (Å²) in [5.41, 5.74) is 9.69. The molecule has 0 bridgehead atoms.